The van der Waals surface area contributed by atoms with Crippen molar-refractivity contribution in [3.63, 3.8) is 0 Å². The molecule has 0 unspecified atom stereocenters. The highest BCUT2D eigenvalue weighted by molar-refractivity contribution is 5.97. The van der Waals surface area contributed by atoms with Crippen LogP contribution in [0.1, 0.15) is 78.1 Å². The zero-order valence-corrected chi connectivity index (χ0v) is 12.1. The van der Waals surface area contributed by atoms with Gasteiger partial charge in [0.05, 0.1) is 6.42 Å². The van der Waals surface area contributed by atoms with Gasteiger partial charge in [-0.05, 0) is 12.8 Å². The summed E-state index contributed by atoms with van der Waals surface area (Å²) in [4.78, 5) is 22.8. The van der Waals surface area contributed by atoms with E-state index in [1.165, 1.54) is 32.1 Å². The quantitative estimate of drug-likeness (QED) is 0.428. The number of rotatable bonds is 12. The van der Waals surface area contributed by atoms with E-state index in [-0.39, 0.29) is 18.1 Å². The molecule has 3 heteroatoms. The van der Waals surface area contributed by atoms with Crippen LogP contribution in [0.15, 0.2) is 0 Å². The van der Waals surface area contributed by atoms with E-state index in [0.29, 0.717) is 13.0 Å². The average molecular weight is 255 g/mol. The molecule has 0 heterocycles. The van der Waals surface area contributed by atoms with Crippen molar-refractivity contribution >= 4 is 11.7 Å². The van der Waals surface area contributed by atoms with E-state index in [4.69, 9.17) is 0 Å². The van der Waals surface area contributed by atoms with Gasteiger partial charge in [-0.2, -0.15) is 0 Å². The van der Waals surface area contributed by atoms with Crippen LogP contribution in [-0.2, 0) is 9.59 Å². The minimum absolute atomic E-state index is 0.0653. The van der Waals surface area contributed by atoms with Crippen LogP contribution in [0.4, 0.5) is 0 Å². The summed E-state index contributed by atoms with van der Waals surface area (Å²) in [6, 6.07) is 0. The fourth-order valence-electron chi connectivity index (χ4n) is 1.84. The number of hydrogen-bond acceptors (Lipinski definition) is 2. The van der Waals surface area contributed by atoms with E-state index in [0.717, 1.165) is 19.3 Å². The monoisotopic (exact) mass is 255 g/mol. The Bertz CT molecular complexity index is 227. The number of carbonyl (C=O) groups excluding carboxylic acids is 2. The van der Waals surface area contributed by atoms with Crippen molar-refractivity contribution in [3.05, 3.63) is 0 Å². The van der Waals surface area contributed by atoms with Gasteiger partial charge in [-0.25, -0.2) is 0 Å². The molecule has 106 valence electrons. The lowest BCUT2D eigenvalue weighted by Crippen LogP contribution is -2.26. The molecule has 0 saturated heterocycles. The molecule has 0 atom stereocenters. The Kier molecular flexibility index (Phi) is 12.0. The van der Waals surface area contributed by atoms with Crippen molar-refractivity contribution in [2.75, 3.05) is 6.54 Å². The third-order valence-electron chi connectivity index (χ3n) is 3.02. The van der Waals surface area contributed by atoms with Crippen LogP contribution in [0.25, 0.3) is 0 Å². The van der Waals surface area contributed by atoms with Crippen molar-refractivity contribution in [3.8, 4) is 0 Å². The number of hydrogen-bond donors (Lipinski definition) is 1. The maximum atomic E-state index is 11.4. The average Bonchev–Trinajstić information content (AvgIpc) is 2.35. The highest BCUT2D eigenvalue weighted by atomic mass is 16.2. The summed E-state index contributed by atoms with van der Waals surface area (Å²) >= 11 is 0. The number of nitrogens with one attached hydrogen (secondary N) is 1. The number of ketones is 1. The molecule has 18 heavy (non-hydrogen) atoms. The predicted octanol–water partition coefficient (Wildman–Crippen LogP) is 3.61. The number of unbranched alkanes of at least 4 members (excludes halogenated alkanes) is 6. The molecule has 0 aliphatic rings. The zero-order chi connectivity index (χ0) is 13.6. The second kappa shape index (κ2) is 12.6. The fraction of sp³-hybridized carbons (Fsp3) is 0.867. The number of carbonyl (C=O) groups is 2. The van der Waals surface area contributed by atoms with Gasteiger partial charge in [-0.1, -0.05) is 52.4 Å². The number of amides is 1. The van der Waals surface area contributed by atoms with E-state index in [1.807, 2.05) is 6.92 Å². The van der Waals surface area contributed by atoms with Gasteiger partial charge in [0.25, 0.3) is 0 Å². The highest BCUT2D eigenvalue weighted by Crippen LogP contribution is 2.04. The van der Waals surface area contributed by atoms with Crippen LogP contribution in [0.3, 0.4) is 0 Å². The molecule has 0 aliphatic carbocycles. The van der Waals surface area contributed by atoms with E-state index in [1.54, 1.807) is 0 Å². The van der Waals surface area contributed by atoms with Crippen molar-refractivity contribution in [1.82, 2.24) is 5.32 Å². The summed E-state index contributed by atoms with van der Waals surface area (Å²) in [6.07, 6.45) is 9.81. The van der Waals surface area contributed by atoms with Gasteiger partial charge in [0, 0.05) is 13.0 Å². The van der Waals surface area contributed by atoms with Gasteiger partial charge < -0.3 is 5.32 Å². The molecule has 0 rings (SSSR count). The first-order valence-corrected chi connectivity index (χ1v) is 7.49. The largest absolute Gasteiger partial charge is 0.356 e. The van der Waals surface area contributed by atoms with Crippen LogP contribution in [0.5, 0.6) is 0 Å². The Morgan fingerprint density at radius 2 is 1.44 bits per heavy atom. The molecule has 0 saturated carbocycles. The normalized spacial score (nSPS) is 10.3. The zero-order valence-electron chi connectivity index (χ0n) is 12.1. The fourth-order valence-corrected chi connectivity index (χ4v) is 1.84. The molecule has 0 radical (unpaired) electrons. The molecule has 0 bridgehead atoms. The van der Waals surface area contributed by atoms with Crippen LogP contribution < -0.4 is 5.32 Å². The molecule has 0 aromatic rings. The van der Waals surface area contributed by atoms with Crippen molar-refractivity contribution < 1.29 is 9.59 Å². The topological polar surface area (TPSA) is 46.2 Å². The maximum absolute atomic E-state index is 11.4. The minimum atomic E-state index is -0.107. The lowest BCUT2D eigenvalue weighted by Gasteiger charge is -2.04. The Hall–Kier alpha value is -0.860. The first-order chi connectivity index (χ1) is 8.70. The van der Waals surface area contributed by atoms with Gasteiger partial charge in [-0.3, -0.25) is 9.59 Å². The number of Topliss-reactive ketones (excluding diaryl/α,β-unsaturated/α-hetero) is 1. The Balaban J connectivity index is 3.34. The smallest absolute Gasteiger partial charge is 0.227 e. The molecule has 3 nitrogen and oxygen atoms in total. The van der Waals surface area contributed by atoms with Crippen molar-refractivity contribution in [2.24, 2.45) is 0 Å². The molecule has 0 fully saturated rings. The molecule has 0 aromatic carbocycles. The van der Waals surface area contributed by atoms with E-state index < -0.39 is 0 Å². The summed E-state index contributed by atoms with van der Waals surface area (Å²) in [5.74, 6) is -0.0399. The van der Waals surface area contributed by atoms with Crippen LogP contribution in [0.2, 0.25) is 0 Å². The van der Waals surface area contributed by atoms with E-state index >= 15 is 0 Å². The first kappa shape index (κ1) is 17.1. The lowest BCUT2D eigenvalue weighted by atomic mass is 10.1. The van der Waals surface area contributed by atoms with Crippen molar-refractivity contribution in [2.45, 2.75) is 78.1 Å². The molecular weight excluding hydrogens is 226 g/mol. The molecule has 0 aliphatic heterocycles. The summed E-state index contributed by atoms with van der Waals surface area (Å²) in [6.45, 7) is 4.97. The van der Waals surface area contributed by atoms with Crippen molar-refractivity contribution in [1.29, 1.82) is 0 Å². The van der Waals surface area contributed by atoms with Gasteiger partial charge in [0.1, 0.15) is 5.78 Å². The Morgan fingerprint density at radius 3 is 2.11 bits per heavy atom. The summed E-state index contributed by atoms with van der Waals surface area (Å²) in [7, 11) is 0. The Labute approximate surface area is 112 Å². The van der Waals surface area contributed by atoms with E-state index in [9.17, 15) is 9.59 Å². The third-order valence-corrected chi connectivity index (χ3v) is 3.02. The van der Waals surface area contributed by atoms with Crippen LogP contribution >= 0.6 is 0 Å². The van der Waals surface area contributed by atoms with Crippen LogP contribution in [0, 0.1) is 0 Å². The van der Waals surface area contributed by atoms with Gasteiger partial charge in [-0.15, -0.1) is 0 Å². The Morgan fingerprint density at radius 1 is 0.833 bits per heavy atom. The van der Waals surface area contributed by atoms with Crippen LogP contribution in [-0.4, -0.2) is 18.2 Å². The SMILES string of the molecule is CCCCCCCCNC(=O)CC(=O)CCCC. The second-order valence-corrected chi connectivity index (χ2v) is 4.94. The third kappa shape index (κ3) is 11.6. The van der Waals surface area contributed by atoms with Gasteiger partial charge in [0.15, 0.2) is 0 Å². The predicted molar refractivity (Wildman–Crippen MR) is 75.5 cm³/mol. The van der Waals surface area contributed by atoms with E-state index in [2.05, 4.69) is 12.2 Å². The molecule has 1 amide bonds. The second-order valence-electron chi connectivity index (χ2n) is 4.94. The highest BCUT2D eigenvalue weighted by Gasteiger charge is 2.07. The summed E-state index contributed by atoms with van der Waals surface area (Å²) in [5.41, 5.74) is 0. The maximum Gasteiger partial charge on any atom is 0.227 e. The van der Waals surface area contributed by atoms with Gasteiger partial charge in [0.2, 0.25) is 5.91 Å². The minimum Gasteiger partial charge on any atom is -0.356 e. The summed E-state index contributed by atoms with van der Waals surface area (Å²) < 4.78 is 0. The summed E-state index contributed by atoms with van der Waals surface area (Å²) in [5, 5.41) is 2.82. The molecule has 0 spiro atoms. The first-order valence-electron chi connectivity index (χ1n) is 7.49. The molecular formula is C15H29NO2. The standard InChI is InChI=1S/C15H29NO2/c1-3-5-7-8-9-10-12-16-15(18)13-14(17)11-6-4-2/h3-13H2,1-2H3,(H,16,18). The molecule has 1 N–H and O–H groups in total. The lowest BCUT2D eigenvalue weighted by molar-refractivity contribution is -0.128. The molecule has 0 aromatic heterocycles. The van der Waals surface area contributed by atoms with Gasteiger partial charge >= 0.3 is 0 Å².